The number of hydrogen-bond acceptors (Lipinski definition) is 4. The molecule has 0 fully saturated rings. The van der Waals surface area contributed by atoms with Gasteiger partial charge in [-0.15, -0.1) is 0 Å². The lowest BCUT2D eigenvalue weighted by atomic mass is 10.3. The molecule has 0 aromatic rings. The minimum Gasteiger partial charge on any atom is -0.417 e. The summed E-state index contributed by atoms with van der Waals surface area (Å²) in [6.07, 6.45) is 0.920. The smallest absolute Gasteiger partial charge is 0.338 e. The molecule has 1 rings (SSSR count). The molecule has 0 saturated heterocycles. The molecule has 1 aliphatic heterocycles. The van der Waals surface area contributed by atoms with Gasteiger partial charge in [0.05, 0.1) is 6.08 Å². The van der Waals surface area contributed by atoms with E-state index >= 15 is 0 Å². The fourth-order valence-electron chi connectivity index (χ4n) is 0.657. The van der Waals surface area contributed by atoms with Gasteiger partial charge in [0.25, 0.3) is 11.8 Å². The number of carbonyl (C=O) groups excluding carboxylic acids is 3. The standard InChI is InChI=1S/C8H7NO4/c1-4(2)8(12)13-5-3-6(10)9-7(5)11/h3H,1H2,2H3,(H,9,10,11). The number of esters is 1. The van der Waals surface area contributed by atoms with Gasteiger partial charge in [0.2, 0.25) is 5.76 Å². The second-order valence-electron chi connectivity index (χ2n) is 2.50. The van der Waals surface area contributed by atoms with Crippen molar-refractivity contribution >= 4 is 17.8 Å². The van der Waals surface area contributed by atoms with E-state index in [4.69, 9.17) is 0 Å². The molecule has 0 bridgehead atoms. The molecule has 1 heterocycles. The first kappa shape index (κ1) is 9.18. The Bertz CT molecular complexity index is 340. The Kier molecular flexibility index (Phi) is 2.27. The Balaban J connectivity index is 2.70. The summed E-state index contributed by atoms with van der Waals surface area (Å²) in [7, 11) is 0. The summed E-state index contributed by atoms with van der Waals surface area (Å²) in [6.45, 7) is 4.76. The lowest BCUT2D eigenvalue weighted by Gasteiger charge is -2.00. The molecule has 0 radical (unpaired) electrons. The topological polar surface area (TPSA) is 72.5 Å². The molecule has 5 heteroatoms. The van der Waals surface area contributed by atoms with Gasteiger partial charge in [0.1, 0.15) is 0 Å². The van der Waals surface area contributed by atoms with Gasteiger partial charge in [-0.25, -0.2) is 4.79 Å². The first-order valence-corrected chi connectivity index (χ1v) is 3.45. The van der Waals surface area contributed by atoms with E-state index in [0.717, 1.165) is 6.08 Å². The molecule has 0 aromatic heterocycles. The zero-order valence-electron chi connectivity index (χ0n) is 6.92. The Morgan fingerprint density at radius 2 is 2.15 bits per heavy atom. The van der Waals surface area contributed by atoms with Gasteiger partial charge in [-0.05, 0) is 6.92 Å². The van der Waals surface area contributed by atoms with Crippen molar-refractivity contribution in [2.24, 2.45) is 0 Å². The second kappa shape index (κ2) is 3.22. The molecule has 1 N–H and O–H groups in total. The fraction of sp³-hybridized carbons (Fsp3) is 0.125. The second-order valence-corrected chi connectivity index (χ2v) is 2.50. The molecule has 5 nitrogen and oxygen atoms in total. The van der Waals surface area contributed by atoms with Crippen molar-refractivity contribution in [2.45, 2.75) is 6.92 Å². The van der Waals surface area contributed by atoms with Gasteiger partial charge in [-0.2, -0.15) is 0 Å². The third-order valence-corrected chi connectivity index (χ3v) is 1.27. The first-order chi connectivity index (χ1) is 6.00. The molecule has 0 spiro atoms. The predicted octanol–water partition coefficient (Wildman–Crippen LogP) is -0.354. The van der Waals surface area contributed by atoms with Crippen molar-refractivity contribution in [3.63, 3.8) is 0 Å². The number of imide groups is 1. The highest BCUT2D eigenvalue weighted by molar-refractivity contribution is 6.16. The summed E-state index contributed by atoms with van der Waals surface area (Å²) >= 11 is 0. The zero-order chi connectivity index (χ0) is 10.0. The van der Waals surface area contributed by atoms with Crippen LogP contribution in [0.4, 0.5) is 0 Å². The van der Waals surface area contributed by atoms with E-state index in [9.17, 15) is 14.4 Å². The molecule has 1 aliphatic rings. The van der Waals surface area contributed by atoms with Crippen molar-refractivity contribution in [3.8, 4) is 0 Å². The molecular weight excluding hydrogens is 174 g/mol. The lowest BCUT2D eigenvalue weighted by molar-refractivity contribution is -0.139. The summed E-state index contributed by atoms with van der Waals surface area (Å²) in [5, 5.41) is 1.93. The van der Waals surface area contributed by atoms with E-state index in [1.54, 1.807) is 0 Å². The van der Waals surface area contributed by atoms with Gasteiger partial charge >= 0.3 is 5.97 Å². The molecule has 0 saturated carbocycles. The molecule has 0 aromatic carbocycles. The van der Waals surface area contributed by atoms with Crippen LogP contribution in [-0.2, 0) is 19.1 Å². The summed E-state index contributed by atoms with van der Waals surface area (Å²) in [5.74, 6) is -2.32. The van der Waals surface area contributed by atoms with Crippen molar-refractivity contribution < 1.29 is 19.1 Å². The van der Waals surface area contributed by atoms with E-state index in [1.807, 2.05) is 5.32 Å². The van der Waals surface area contributed by atoms with Crippen LogP contribution in [-0.4, -0.2) is 17.8 Å². The Hall–Kier alpha value is -1.91. The van der Waals surface area contributed by atoms with Crippen molar-refractivity contribution in [1.29, 1.82) is 0 Å². The maximum atomic E-state index is 10.9. The minimum absolute atomic E-state index is 0.160. The van der Waals surface area contributed by atoms with Crippen molar-refractivity contribution in [2.75, 3.05) is 0 Å². The van der Waals surface area contributed by atoms with Crippen LogP contribution in [0.5, 0.6) is 0 Å². The molecule has 0 aliphatic carbocycles. The number of ether oxygens (including phenoxy) is 1. The van der Waals surface area contributed by atoms with Gasteiger partial charge in [0, 0.05) is 5.57 Å². The maximum Gasteiger partial charge on any atom is 0.338 e. The Morgan fingerprint density at radius 1 is 1.54 bits per heavy atom. The number of hydrogen-bond donors (Lipinski definition) is 1. The third-order valence-electron chi connectivity index (χ3n) is 1.27. The van der Waals surface area contributed by atoms with Gasteiger partial charge in [0.15, 0.2) is 0 Å². The Labute approximate surface area is 74.1 Å². The summed E-state index contributed by atoms with van der Waals surface area (Å²) in [6, 6.07) is 0. The molecule has 0 atom stereocenters. The SMILES string of the molecule is C=C(C)C(=O)OC1=CC(=O)NC1=O. The third kappa shape index (κ3) is 2.02. The quantitative estimate of drug-likeness (QED) is 0.359. The van der Waals surface area contributed by atoms with Crippen LogP contribution in [0.3, 0.4) is 0 Å². The molecule has 2 amide bonds. The number of amides is 2. The van der Waals surface area contributed by atoms with Crippen molar-refractivity contribution in [1.82, 2.24) is 5.32 Å². The number of nitrogens with one attached hydrogen (secondary N) is 1. The van der Waals surface area contributed by atoms with Crippen LogP contribution in [0.2, 0.25) is 0 Å². The van der Waals surface area contributed by atoms with Crippen LogP contribution in [0.15, 0.2) is 24.0 Å². The Morgan fingerprint density at radius 3 is 2.54 bits per heavy atom. The highest BCUT2D eigenvalue weighted by Gasteiger charge is 2.24. The number of rotatable bonds is 2. The molecule has 68 valence electrons. The predicted molar refractivity (Wildman–Crippen MR) is 42.1 cm³/mol. The normalized spacial score (nSPS) is 15.0. The van der Waals surface area contributed by atoms with Gasteiger partial charge in [-0.3, -0.25) is 14.9 Å². The fourth-order valence-corrected chi connectivity index (χ4v) is 0.657. The monoisotopic (exact) mass is 181 g/mol. The summed E-state index contributed by atoms with van der Waals surface area (Å²) in [5.41, 5.74) is 0.160. The largest absolute Gasteiger partial charge is 0.417 e. The highest BCUT2D eigenvalue weighted by atomic mass is 16.5. The molecular formula is C8H7NO4. The van der Waals surface area contributed by atoms with Crippen molar-refractivity contribution in [3.05, 3.63) is 24.0 Å². The van der Waals surface area contributed by atoms with E-state index in [2.05, 4.69) is 11.3 Å². The van der Waals surface area contributed by atoms with E-state index < -0.39 is 17.8 Å². The molecule has 0 unspecified atom stereocenters. The highest BCUT2D eigenvalue weighted by Crippen LogP contribution is 2.06. The van der Waals surface area contributed by atoms with Crippen LogP contribution >= 0.6 is 0 Å². The van der Waals surface area contributed by atoms with Crippen LogP contribution < -0.4 is 5.32 Å². The summed E-state index contributed by atoms with van der Waals surface area (Å²) < 4.78 is 4.55. The average molecular weight is 181 g/mol. The van der Waals surface area contributed by atoms with E-state index in [-0.39, 0.29) is 11.3 Å². The summed E-state index contributed by atoms with van der Waals surface area (Å²) in [4.78, 5) is 32.3. The zero-order valence-corrected chi connectivity index (χ0v) is 6.92. The van der Waals surface area contributed by atoms with Gasteiger partial charge in [-0.1, -0.05) is 6.58 Å². The average Bonchev–Trinajstić information content (AvgIpc) is 2.30. The van der Waals surface area contributed by atoms with Crippen LogP contribution in [0.25, 0.3) is 0 Å². The number of carbonyl (C=O) groups is 3. The molecule has 13 heavy (non-hydrogen) atoms. The van der Waals surface area contributed by atoms with Gasteiger partial charge < -0.3 is 4.74 Å². The van der Waals surface area contributed by atoms with E-state index in [0.29, 0.717) is 0 Å². The maximum absolute atomic E-state index is 10.9. The van der Waals surface area contributed by atoms with E-state index in [1.165, 1.54) is 6.92 Å². The minimum atomic E-state index is -0.726. The first-order valence-electron chi connectivity index (χ1n) is 3.45. The van der Waals surface area contributed by atoms with Crippen LogP contribution in [0, 0.1) is 0 Å². The lowest BCUT2D eigenvalue weighted by Crippen LogP contribution is -2.23. The van der Waals surface area contributed by atoms with Crippen LogP contribution in [0.1, 0.15) is 6.92 Å².